The molecule has 1 aliphatic heterocycles. The predicted molar refractivity (Wildman–Crippen MR) is 163 cm³/mol. The lowest BCUT2D eigenvalue weighted by Gasteiger charge is -2.35. The Morgan fingerprint density at radius 2 is 1.91 bits per heavy atom. The summed E-state index contributed by atoms with van der Waals surface area (Å²) < 4.78 is 11.9. The summed E-state index contributed by atoms with van der Waals surface area (Å²) in [5.74, 6) is -2.42. The molecule has 234 valence electrons. The summed E-state index contributed by atoms with van der Waals surface area (Å²) >= 11 is 5.97. The zero-order valence-corrected chi connectivity index (χ0v) is 25.7. The van der Waals surface area contributed by atoms with Crippen molar-refractivity contribution < 1.29 is 28.3 Å². The highest BCUT2D eigenvalue weighted by atomic mass is 35.5. The van der Waals surface area contributed by atoms with Gasteiger partial charge >= 0.3 is 0 Å². The Bertz CT molecular complexity index is 1500. The number of likely N-dealkylation sites (tertiary alicyclic amines) is 1. The third-order valence-corrected chi connectivity index (χ3v) is 8.40. The Labute approximate surface area is 260 Å². The number of para-hydroxylation sites is 2. The van der Waals surface area contributed by atoms with Crippen LogP contribution in [0.5, 0.6) is 5.88 Å². The number of oxazole rings is 1. The van der Waals surface area contributed by atoms with Crippen molar-refractivity contribution in [1.29, 1.82) is 0 Å². The van der Waals surface area contributed by atoms with Crippen LogP contribution in [0.4, 0.5) is 6.01 Å². The van der Waals surface area contributed by atoms with E-state index in [0.717, 1.165) is 19.3 Å². The van der Waals surface area contributed by atoms with Gasteiger partial charge in [-0.1, -0.05) is 63.8 Å². The Balaban J connectivity index is 1.41. The van der Waals surface area contributed by atoms with Crippen molar-refractivity contribution in [2.75, 3.05) is 11.9 Å². The number of ketones is 1. The van der Waals surface area contributed by atoms with Crippen LogP contribution in [0.25, 0.3) is 11.1 Å². The molecule has 0 spiro atoms. The van der Waals surface area contributed by atoms with Crippen LogP contribution < -0.4 is 21.1 Å². The van der Waals surface area contributed by atoms with E-state index >= 15 is 0 Å². The molecular formula is C31H37ClN6O6. The molecule has 3 amide bonds. The van der Waals surface area contributed by atoms with Crippen LogP contribution in [0.3, 0.4) is 0 Å². The molecule has 44 heavy (non-hydrogen) atoms. The number of anilines is 1. The molecule has 0 bridgehead atoms. The van der Waals surface area contributed by atoms with Gasteiger partial charge in [-0.15, -0.1) is 0 Å². The van der Waals surface area contributed by atoms with Crippen LogP contribution in [-0.4, -0.2) is 69.1 Å². The largest absolute Gasteiger partial charge is 0.472 e. The van der Waals surface area contributed by atoms with Crippen molar-refractivity contribution in [3.63, 3.8) is 0 Å². The normalized spacial score (nSPS) is 20.0. The number of halogens is 1. The van der Waals surface area contributed by atoms with E-state index in [1.807, 2.05) is 32.9 Å². The number of nitrogens with zero attached hydrogens (tertiary/aromatic N) is 3. The lowest BCUT2D eigenvalue weighted by atomic mass is 9.80. The van der Waals surface area contributed by atoms with Crippen molar-refractivity contribution in [3.8, 4) is 5.88 Å². The molecule has 2 fully saturated rings. The first-order chi connectivity index (χ1) is 20.9. The van der Waals surface area contributed by atoms with Crippen molar-refractivity contribution in [2.24, 2.45) is 17.1 Å². The molecule has 5 rings (SSSR count). The number of fused-ring (bicyclic) bond motifs is 1. The van der Waals surface area contributed by atoms with Gasteiger partial charge < -0.3 is 30.4 Å². The fourth-order valence-electron chi connectivity index (χ4n) is 5.58. The number of aromatic nitrogens is 2. The SMILES string of the molecule is CC(C)(C)[C@@H](Nc1nc2ccccc2o1)C(=O)N1C[C@H](Oc2ccc(Cl)cn2)C[C@@H]1C(=O)NC(CC1CCC1)C(=O)C(N)=O. The van der Waals surface area contributed by atoms with Crippen molar-refractivity contribution in [1.82, 2.24) is 20.2 Å². The van der Waals surface area contributed by atoms with Gasteiger partial charge in [0.15, 0.2) is 5.58 Å². The molecule has 2 aromatic heterocycles. The maximum Gasteiger partial charge on any atom is 0.296 e. The number of benzene rings is 1. The summed E-state index contributed by atoms with van der Waals surface area (Å²) in [4.78, 5) is 62.7. The standard InChI is InChI=1S/C31H37ClN6O6/c1-31(2,3)26(37-30-36-20-9-4-5-10-23(20)44-30)29(42)38-16-19(43-24-12-11-18(32)15-34-24)14-22(38)28(41)35-21(25(39)27(33)40)13-17-7-6-8-17/h4-5,9-12,15,17,19,21-22,26H,6-8,13-14,16H2,1-3H3,(H2,33,40)(H,35,41)(H,36,37)/t19-,21?,22-,26+/m1/s1. The topological polar surface area (TPSA) is 170 Å². The van der Waals surface area contributed by atoms with Crippen LogP contribution in [0.1, 0.15) is 52.9 Å². The first-order valence-corrected chi connectivity index (χ1v) is 15.1. The number of ether oxygens (including phenoxy) is 1. The van der Waals surface area contributed by atoms with Gasteiger partial charge in [0.25, 0.3) is 11.9 Å². The van der Waals surface area contributed by atoms with Crippen LogP contribution in [0, 0.1) is 11.3 Å². The summed E-state index contributed by atoms with van der Waals surface area (Å²) in [5.41, 5.74) is 5.88. The Morgan fingerprint density at radius 3 is 2.52 bits per heavy atom. The highest BCUT2D eigenvalue weighted by molar-refractivity contribution is 6.37. The summed E-state index contributed by atoms with van der Waals surface area (Å²) in [6, 6.07) is 7.74. The van der Waals surface area contributed by atoms with Crippen LogP contribution in [0.2, 0.25) is 5.02 Å². The Hall–Kier alpha value is -4.19. The average molecular weight is 625 g/mol. The van der Waals surface area contributed by atoms with Gasteiger partial charge in [-0.25, -0.2) is 4.98 Å². The number of nitrogens with two attached hydrogens (primary N) is 1. The lowest BCUT2D eigenvalue weighted by Crippen LogP contribution is -2.57. The molecule has 4 N–H and O–H groups in total. The molecule has 3 aromatic rings. The van der Waals surface area contributed by atoms with E-state index in [0.29, 0.717) is 22.5 Å². The van der Waals surface area contributed by atoms with Crippen LogP contribution in [0.15, 0.2) is 47.0 Å². The summed E-state index contributed by atoms with van der Waals surface area (Å²) in [6.07, 6.45) is 4.13. The van der Waals surface area contributed by atoms with Gasteiger partial charge in [-0.2, -0.15) is 4.98 Å². The predicted octanol–water partition coefficient (Wildman–Crippen LogP) is 3.48. The molecule has 2 aliphatic rings. The molecule has 13 heteroatoms. The third kappa shape index (κ3) is 7.12. The number of hydrogen-bond acceptors (Lipinski definition) is 9. The summed E-state index contributed by atoms with van der Waals surface area (Å²) in [5, 5.41) is 6.32. The van der Waals surface area contributed by atoms with E-state index in [4.69, 9.17) is 26.5 Å². The quantitative estimate of drug-likeness (QED) is 0.270. The molecule has 4 atom stereocenters. The molecule has 1 saturated carbocycles. The number of carbonyl (C=O) groups is 4. The number of primary amides is 1. The number of Topliss-reactive ketones (excluding diaryl/α,β-unsaturated/α-hetero) is 1. The second-order valence-electron chi connectivity index (χ2n) is 12.5. The maximum absolute atomic E-state index is 14.3. The zero-order valence-electron chi connectivity index (χ0n) is 24.9. The highest BCUT2D eigenvalue weighted by Gasteiger charge is 2.46. The molecule has 1 saturated heterocycles. The fraction of sp³-hybridized carbons (Fsp3) is 0.484. The molecule has 1 unspecified atom stereocenters. The Kier molecular flexibility index (Phi) is 9.10. The number of pyridine rings is 1. The third-order valence-electron chi connectivity index (χ3n) is 8.18. The average Bonchev–Trinajstić information content (AvgIpc) is 3.56. The van der Waals surface area contributed by atoms with E-state index in [2.05, 4.69) is 20.6 Å². The van der Waals surface area contributed by atoms with Crippen molar-refractivity contribution in [2.45, 2.75) is 77.1 Å². The van der Waals surface area contributed by atoms with E-state index in [9.17, 15) is 19.2 Å². The smallest absolute Gasteiger partial charge is 0.296 e. The number of amides is 3. The van der Waals surface area contributed by atoms with Gasteiger partial charge in [-0.05, 0) is 36.0 Å². The number of carbonyl (C=O) groups excluding carboxylic acids is 4. The number of rotatable bonds is 11. The zero-order chi connectivity index (χ0) is 31.6. The summed E-state index contributed by atoms with van der Waals surface area (Å²) in [7, 11) is 0. The fourth-order valence-corrected chi connectivity index (χ4v) is 5.69. The second-order valence-corrected chi connectivity index (χ2v) is 13.0. The van der Waals surface area contributed by atoms with E-state index in [-0.39, 0.29) is 36.7 Å². The van der Waals surface area contributed by atoms with Crippen LogP contribution in [-0.2, 0) is 19.2 Å². The van der Waals surface area contributed by atoms with Gasteiger partial charge in [-0.3, -0.25) is 19.2 Å². The molecule has 1 aliphatic carbocycles. The first kappa shape index (κ1) is 31.2. The first-order valence-electron chi connectivity index (χ1n) is 14.7. The molecule has 12 nitrogen and oxygen atoms in total. The lowest BCUT2D eigenvalue weighted by molar-refractivity contribution is -0.142. The molecule has 3 heterocycles. The minimum absolute atomic E-state index is 0.0695. The van der Waals surface area contributed by atoms with Crippen molar-refractivity contribution in [3.05, 3.63) is 47.6 Å². The molecule has 0 radical (unpaired) electrons. The molecular weight excluding hydrogens is 588 g/mol. The van der Waals surface area contributed by atoms with Crippen LogP contribution >= 0.6 is 11.6 Å². The monoisotopic (exact) mass is 624 g/mol. The minimum atomic E-state index is -1.11. The Morgan fingerprint density at radius 1 is 1.16 bits per heavy atom. The summed E-state index contributed by atoms with van der Waals surface area (Å²) in [6.45, 7) is 5.74. The van der Waals surface area contributed by atoms with Crippen molar-refractivity contribution >= 4 is 52.2 Å². The van der Waals surface area contributed by atoms with E-state index in [1.165, 1.54) is 11.1 Å². The number of nitrogens with one attached hydrogen (secondary N) is 2. The van der Waals surface area contributed by atoms with Gasteiger partial charge in [0, 0.05) is 18.7 Å². The van der Waals surface area contributed by atoms with E-state index < -0.39 is 47.2 Å². The van der Waals surface area contributed by atoms with Gasteiger partial charge in [0.05, 0.1) is 17.6 Å². The van der Waals surface area contributed by atoms with Gasteiger partial charge in [0.2, 0.25) is 23.5 Å². The van der Waals surface area contributed by atoms with E-state index in [1.54, 1.807) is 24.3 Å². The second kappa shape index (κ2) is 12.8. The maximum atomic E-state index is 14.3. The number of hydrogen-bond donors (Lipinski definition) is 3. The van der Waals surface area contributed by atoms with Gasteiger partial charge in [0.1, 0.15) is 23.7 Å². The highest BCUT2D eigenvalue weighted by Crippen LogP contribution is 2.32. The minimum Gasteiger partial charge on any atom is -0.472 e. The molecule has 1 aromatic carbocycles.